The summed E-state index contributed by atoms with van der Waals surface area (Å²) >= 11 is 0. The predicted molar refractivity (Wildman–Crippen MR) is 129 cm³/mol. The Morgan fingerprint density at radius 3 is 2.36 bits per heavy atom. The third-order valence-corrected chi connectivity index (χ3v) is 5.73. The molecule has 0 saturated carbocycles. The number of carbonyl (C=O) groups is 1. The van der Waals surface area contributed by atoms with Crippen LogP contribution in [0.4, 0.5) is 11.8 Å². The molecule has 0 unspecified atom stereocenters. The molecule has 8 nitrogen and oxygen atoms in total. The monoisotopic (exact) mass is 439 g/mol. The molecule has 5 rings (SSSR count). The molecule has 8 heteroatoms. The average Bonchev–Trinajstić information content (AvgIpc) is 2.89. The van der Waals surface area contributed by atoms with Gasteiger partial charge in [-0.25, -0.2) is 19.9 Å². The van der Waals surface area contributed by atoms with Crippen molar-refractivity contribution in [2.24, 2.45) is 0 Å². The van der Waals surface area contributed by atoms with Crippen molar-refractivity contribution in [3.8, 4) is 11.4 Å². The summed E-state index contributed by atoms with van der Waals surface area (Å²) in [6.07, 6.45) is 3.89. The van der Waals surface area contributed by atoms with Crippen molar-refractivity contribution in [3.63, 3.8) is 0 Å². The number of nitrogens with zero attached hydrogens (tertiary/aromatic N) is 6. The molecule has 166 valence electrons. The van der Waals surface area contributed by atoms with Gasteiger partial charge < -0.3 is 15.1 Å². The van der Waals surface area contributed by atoms with Gasteiger partial charge in [0.1, 0.15) is 5.82 Å². The Balaban J connectivity index is 1.22. The maximum absolute atomic E-state index is 12.8. The van der Waals surface area contributed by atoms with Crippen LogP contribution >= 0.6 is 0 Å². The number of carbonyl (C=O) groups excluding carboxylic acids is 1. The number of rotatable bonds is 6. The van der Waals surface area contributed by atoms with Crippen molar-refractivity contribution >= 4 is 28.6 Å². The van der Waals surface area contributed by atoms with E-state index in [1.165, 1.54) is 0 Å². The van der Waals surface area contributed by atoms with Gasteiger partial charge >= 0.3 is 0 Å². The first kappa shape index (κ1) is 20.8. The SMILES string of the molecule is O=C(CCNc1nc(-c2ccccc2)nc2ccccc12)N1CCN(c2ncccn2)CC1. The molecule has 1 aliphatic heterocycles. The van der Waals surface area contributed by atoms with Crippen molar-refractivity contribution in [2.45, 2.75) is 6.42 Å². The number of anilines is 2. The van der Waals surface area contributed by atoms with Gasteiger partial charge in [-0.3, -0.25) is 4.79 Å². The average molecular weight is 440 g/mol. The molecular formula is C25H25N7O. The molecule has 3 heterocycles. The van der Waals surface area contributed by atoms with Gasteiger partial charge in [-0.1, -0.05) is 42.5 Å². The molecule has 33 heavy (non-hydrogen) atoms. The molecular weight excluding hydrogens is 414 g/mol. The van der Waals surface area contributed by atoms with Crippen LogP contribution in [0.5, 0.6) is 0 Å². The van der Waals surface area contributed by atoms with Crippen LogP contribution in [0.1, 0.15) is 6.42 Å². The first-order valence-corrected chi connectivity index (χ1v) is 11.1. The molecule has 1 fully saturated rings. The lowest BCUT2D eigenvalue weighted by Gasteiger charge is -2.34. The minimum Gasteiger partial charge on any atom is -0.369 e. The van der Waals surface area contributed by atoms with E-state index in [1.807, 2.05) is 59.5 Å². The quantitative estimate of drug-likeness (QED) is 0.493. The van der Waals surface area contributed by atoms with Gasteiger partial charge in [0.15, 0.2) is 5.82 Å². The molecule has 0 radical (unpaired) electrons. The molecule has 1 aliphatic rings. The minimum absolute atomic E-state index is 0.137. The highest BCUT2D eigenvalue weighted by Crippen LogP contribution is 2.24. The van der Waals surface area contributed by atoms with Crippen LogP contribution in [0.3, 0.4) is 0 Å². The molecule has 0 bridgehead atoms. The number of piperazine rings is 1. The Bertz CT molecular complexity index is 1230. The standard InChI is InChI=1S/C25H25N7O/c33-22(31-15-17-32(18-16-31)25-27-12-6-13-28-25)11-14-26-24-20-9-4-5-10-21(20)29-23(30-24)19-7-2-1-3-8-19/h1-10,12-13H,11,14-18H2,(H,26,29,30). The Hall–Kier alpha value is -4.07. The van der Waals surface area contributed by atoms with Gasteiger partial charge in [0.2, 0.25) is 11.9 Å². The third-order valence-electron chi connectivity index (χ3n) is 5.73. The van der Waals surface area contributed by atoms with Crippen molar-refractivity contribution < 1.29 is 4.79 Å². The zero-order chi connectivity index (χ0) is 22.5. The summed E-state index contributed by atoms with van der Waals surface area (Å²) < 4.78 is 0. The fourth-order valence-electron chi connectivity index (χ4n) is 3.98. The van der Waals surface area contributed by atoms with Crippen LogP contribution < -0.4 is 10.2 Å². The van der Waals surface area contributed by atoms with E-state index in [-0.39, 0.29) is 5.91 Å². The van der Waals surface area contributed by atoms with Crippen LogP contribution in [0.2, 0.25) is 0 Å². The fraction of sp³-hybridized carbons (Fsp3) is 0.240. The lowest BCUT2D eigenvalue weighted by atomic mass is 10.2. The van der Waals surface area contributed by atoms with Gasteiger partial charge in [-0.15, -0.1) is 0 Å². The van der Waals surface area contributed by atoms with E-state index in [1.54, 1.807) is 18.5 Å². The lowest BCUT2D eigenvalue weighted by Crippen LogP contribution is -2.49. The van der Waals surface area contributed by atoms with Crippen molar-refractivity contribution in [1.82, 2.24) is 24.8 Å². The summed E-state index contributed by atoms with van der Waals surface area (Å²) in [6.45, 7) is 3.33. The molecule has 4 aromatic rings. The summed E-state index contributed by atoms with van der Waals surface area (Å²) in [5, 5.41) is 4.32. The predicted octanol–water partition coefficient (Wildman–Crippen LogP) is 3.24. The van der Waals surface area contributed by atoms with Gasteiger partial charge in [0.05, 0.1) is 5.52 Å². The van der Waals surface area contributed by atoms with E-state index < -0.39 is 0 Å². The van der Waals surface area contributed by atoms with E-state index in [9.17, 15) is 4.79 Å². The van der Waals surface area contributed by atoms with E-state index in [4.69, 9.17) is 9.97 Å². The highest BCUT2D eigenvalue weighted by Gasteiger charge is 2.22. The second-order valence-electron chi connectivity index (χ2n) is 7.87. The van der Waals surface area contributed by atoms with E-state index >= 15 is 0 Å². The van der Waals surface area contributed by atoms with Gasteiger partial charge in [0.25, 0.3) is 0 Å². The zero-order valence-corrected chi connectivity index (χ0v) is 18.3. The number of hydrogen-bond donors (Lipinski definition) is 1. The first-order valence-electron chi connectivity index (χ1n) is 11.1. The normalized spacial score (nSPS) is 13.8. The molecule has 0 atom stereocenters. The molecule has 1 N–H and O–H groups in total. The minimum atomic E-state index is 0.137. The van der Waals surface area contributed by atoms with Gasteiger partial charge in [-0.2, -0.15) is 0 Å². The summed E-state index contributed by atoms with van der Waals surface area (Å²) in [4.78, 5) is 34.9. The molecule has 1 amide bonds. The van der Waals surface area contributed by atoms with E-state index in [2.05, 4.69) is 20.2 Å². The van der Waals surface area contributed by atoms with Crippen LogP contribution in [-0.4, -0.2) is 63.5 Å². The van der Waals surface area contributed by atoms with Gasteiger partial charge in [-0.05, 0) is 18.2 Å². The third kappa shape index (κ3) is 4.74. The van der Waals surface area contributed by atoms with Crippen LogP contribution in [0, 0.1) is 0 Å². The van der Waals surface area contributed by atoms with Crippen LogP contribution in [0.15, 0.2) is 73.1 Å². The number of aromatic nitrogens is 4. The largest absolute Gasteiger partial charge is 0.369 e. The van der Waals surface area contributed by atoms with Crippen LogP contribution in [0.25, 0.3) is 22.3 Å². The highest BCUT2D eigenvalue weighted by molar-refractivity contribution is 5.90. The Labute approximate surface area is 192 Å². The second kappa shape index (κ2) is 9.60. The van der Waals surface area contributed by atoms with Crippen molar-refractivity contribution in [2.75, 3.05) is 42.9 Å². The lowest BCUT2D eigenvalue weighted by molar-refractivity contribution is -0.131. The summed E-state index contributed by atoms with van der Waals surface area (Å²) in [6, 6.07) is 19.6. The van der Waals surface area contributed by atoms with E-state index in [0.717, 1.165) is 41.3 Å². The molecule has 0 spiro atoms. The van der Waals surface area contributed by atoms with Crippen LogP contribution in [-0.2, 0) is 4.79 Å². The highest BCUT2D eigenvalue weighted by atomic mass is 16.2. The second-order valence-corrected chi connectivity index (χ2v) is 7.87. The molecule has 2 aromatic carbocycles. The number of para-hydroxylation sites is 1. The van der Waals surface area contributed by atoms with Crippen molar-refractivity contribution in [1.29, 1.82) is 0 Å². The smallest absolute Gasteiger partial charge is 0.225 e. The Morgan fingerprint density at radius 1 is 0.848 bits per heavy atom. The number of fused-ring (bicyclic) bond motifs is 1. The Morgan fingerprint density at radius 2 is 1.58 bits per heavy atom. The summed E-state index contributed by atoms with van der Waals surface area (Å²) in [5.41, 5.74) is 1.84. The summed E-state index contributed by atoms with van der Waals surface area (Å²) in [7, 11) is 0. The molecule has 2 aromatic heterocycles. The Kier molecular flexibility index (Phi) is 6.06. The van der Waals surface area contributed by atoms with Crippen molar-refractivity contribution in [3.05, 3.63) is 73.1 Å². The van der Waals surface area contributed by atoms with Gasteiger partial charge in [0, 0.05) is 62.5 Å². The number of hydrogen-bond acceptors (Lipinski definition) is 7. The maximum Gasteiger partial charge on any atom is 0.225 e. The maximum atomic E-state index is 12.8. The fourth-order valence-corrected chi connectivity index (χ4v) is 3.98. The number of nitrogens with one attached hydrogen (secondary N) is 1. The summed E-state index contributed by atoms with van der Waals surface area (Å²) in [5.74, 6) is 2.27. The molecule has 0 aliphatic carbocycles. The van der Waals surface area contributed by atoms with E-state index in [0.29, 0.717) is 31.9 Å². The number of benzene rings is 2. The number of amides is 1. The zero-order valence-electron chi connectivity index (χ0n) is 18.3. The topological polar surface area (TPSA) is 87.1 Å². The first-order chi connectivity index (χ1) is 16.3. The molecule has 1 saturated heterocycles.